The van der Waals surface area contributed by atoms with E-state index >= 15 is 0 Å². The number of hydrogen-bond donors (Lipinski definition) is 3. The van der Waals surface area contributed by atoms with E-state index in [2.05, 4.69) is 16.0 Å². The molecule has 2 unspecified atom stereocenters. The number of nitrogens with zero attached hydrogens (tertiary/aromatic N) is 2. The Morgan fingerprint density at radius 1 is 0.625 bits per heavy atom. The third-order valence-electron chi connectivity index (χ3n) is 12.8. The van der Waals surface area contributed by atoms with Gasteiger partial charge in [-0.15, -0.1) is 0 Å². The van der Waals surface area contributed by atoms with Gasteiger partial charge in [-0.3, -0.25) is 38.4 Å². The zero-order valence-corrected chi connectivity index (χ0v) is 49.8. The average molecular weight is 1160 g/mol. The number of rotatable bonds is 38. The number of carbonyl (C=O) groups is 9. The summed E-state index contributed by atoms with van der Waals surface area (Å²) in [5.41, 5.74) is 0. The number of nitriles is 1. The van der Waals surface area contributed by atoms with Crippen molar-refractivity contribution in [3.05, 3.63) is 0 Å². The molecule has 0 aromatic carbocycles. The molecule has 2 aliphatic rings. The average Bonchev–Trinajstić information content (AvgIpc) is 3.36. The first-order chi connectivity index (χ1) is 37.9. The third kappa shape index (κ3) is 27.7. The molecule has 0 radical (unpaired) electrons. The number of ketones is 2. The first-order valence-corrected chi connectivity index (χ1v) is 28.9. The van der Waals surface area contributed by atoms with E-state index in [0.717, 1.165) is 0 Å². The van der Waals surface area contributed by atoms with Crippen LogP contribution in [0.5, 0.6) is 0 Å². The Morgan fingerprint density at radius 2 is 1.12 bits per heavy atom. The molecular formula is C54H90N5O20P. The van der Waals surface area contributed by atoms with Crippen LogP contribution in [0.15, 0.2) is 0 Å². The molecule has 0 bridgehead atoms. The predicted molar refractivity (Wildman–Crippen MR) is 287 cm³/mol. The van der Waals surface area contributed by atoms with Crippen LogP contribution in [0.4, 0.5) is 4.79 Å². The highest BCUT2D eigenvalue weighted by Gasteiger charge is 2.48. The molecule has 3 amide bonds. The molecule has 0 aliphatic carbocycles. The second-order valence-corrected chi connectivity index (χ2v) is 21.8. The summed E-state index contributed by atoms with van der Waals surface area (Å²) in [4.78, 5) is 111. The topological polar surface area (TPSA) is 318 Å². The number of nitrogens with one attached hydrogen (secondary N) is 3. The van der Waals surface area contributed by atoms with Crippen LogP contribution >= 0.6 is 8.53 Å². The molecule has 2 aliphatic heterocycles. The highest BCUT2D eigenvalue weighted by molar-refractivity contribution is 7.44. The number of amides is 3. The molecule has 2 fully saturated rings. The fourth-order valence-corrected chi connectivity index (χ4v) is 10.7. The van der Waals surface area contributed by atoms with E-state index in [9.17, 15) is 48.4 Å². The molecule has 2 saturated heterocycles. The summed E-state index contributed by atoms with van der Waals surface area (Å²) in [7, 11) is -1.84. The number of alkyl carbamates (subject to hydrolysis) is 1. The van der Waals surface area contributed by atoms with Crippen molar-refractivity contribution in [2.24, 2.45) is 11.8 Å². The van der Waals surface area contributed by atoms with Gasteiger partial charge in [0.2, 0.25) is 11.8 Å². The highest BCUT2D eigenvalue weighted by atomic mass is 31.2. The third-order valence-corrected chi connectivity index (χ3v) is 15.0. The molecule has 0 aromatic rings. The summed E-state index contributed by atoms with van der Waals surface area (Å²) in [6, 6.07) is 0.330. The summed E-state index contributed by atoms with van der Waals surface area (Å²) in [5.74, 6) is -3.79. The largest absolute Gasteiger partial charge is 0.463 e. The van der Waals surface area contributed by atoms with Crippen LogP contribution in [-0.4, -0.2) is 171 Å². The monoisotopic (exact) mass is 1160 g/mol. The molecule has 25 nitrogen and oxygen atoms in total. The van der Waals surface area contributed by atoms with Crippen LogP contribution in [0.1, 0.15) is 160 Å². The lowest BCUT2D eigenvalue weighted by Gasteiger charge is -2.44. The van der Waals surface area contributed by atoms with Gasteiger partial charge in [0.15, 0.2) is 12.6 Å². The molecule has 0 saturated carbocycles. The fourth-order valence-electron chi connectivity index (χ4n) is 9.05. The van der Waals surface area contributed by atoms with Gasteiger partial charge in [0.25, 0.3) is 8.53 Å². The number of Topliss-reactive ketones (excluding diaryl/α,β-unsaturated/α-hetero) is 2. The van der Waals surface area contributed by atoms with Crippen molar-refractivity contribution in [2.45, 2.75) is 227 Å². The van der Waals surface area contributed by atoms with Crippen molar-refractivity contribution in [2.75, 3.05) is 46.2 Å². The quantitative estimate of drug-likeness (QED) is 0.0295. The van der Waals surface area contributed by atoms with Crippen LogP contribution in [0.2, 0.25) is 0 Å². The Balaban J connectivity index is 1.91. The lowest BCUT2D eigenvalue weighted by atomic mass is 9.87. The maximum Gasteiger partial charge on any atom is 0.407 e. The maximum absolute atomic E-state index is 13.0. The minimum absolute atomic E-state index is 0.00682. The number of esters is 4. The Labute approximate surface area is 472 Å². The van der Waals surface area contributed by atoms with E-state index < -0.39 is 99.4 Å². The normalized spacial score (nSPS) is 23.5. The van der Waals surface area contributed by atoms with Crippen molar-refractivity contribution in [3.8, 4) is 6.07 Å². The molecule has 456 valence electrons. The number of carbonyl (C=O) groups excluding carboxylic acids is 9. The van der Waals surface area contributed by atoms with Gasteiger partial charge < -0.3 is 67.6 Å². The maximum atomic E-state index is 13.0. The standard InChI is InChI=1S/C54H90N5O20P/c1-13-45-35(6)50(75-40(11)63)48(57-37(8)60)52(77-45)69-27-16-14-20-42(65)22-18-23-47(67)72-30-44(79-80(74-29-19-25-55)59(33(2)3)34(4)5)31-73-54(68)56-26-24-43(66)21-15-17-28-70-53-49(58-38(9)61)51(76-41(12)64)36(7)46(78-53)32-71-39(10)62/h33-36,44-46,48-53H,13-24,26-32H2,1-12H3,(H,56,68)(H,57,60)(H,58,61)/t35-,36-,44?,45+,46+,48+,49+,50-,51-,52+,53+,80?/m0/s1. The predicted octanol–water partition coefficient (Wildman–Crippen LogP) is 5.56. The van der Waals surface area contributed by atoms with Gasteiger partial charge in [0.05, 0.1) is 25.2 Å². The highest BCUT2D eigenvalue weighted by Crippen LogP contribution is 2.47. The van der Waals surface area contributed by atoms with E-state index in [1.54, 1.807) is 6.92 Å². The van der Waals surface area contributed by atoms with Crippen molar-refractivity contribution >= 4 is 61.9 Å². The van der Waals surface area contributed by atoms with Crippen molar-refractivity contribution < 1.29 is 94.8 Å². The van der Waals surface area contributed by atoms with Gasteiger partial charge in [-0.25, -0.2) is 9.46 Å². The zero-order chi connectivity index (χ0) is 59.9. The van der Waals surface area contributed by atoms with Crippen LogP contribution in [-0.2, 0) is 90.0 Å². The molecule has 12 atom stereocenters. The van der Waals surface area contributed by atoms with Gasteiger partial charge in [-0.1, -0.05) is 20.8 Å². The number of hydrogen-bond acceptors (Lipinski definition) is 22. The van der Waals surface area contributed by atoms with Crippen LogP contribution in [0.25, 0.3) is 0 Å². The first kappa shape index (κ1) is 71.2. The molecule has 2 heterocycles. The zero-order valence-electron chi connectivity index (χ0n) is 48.9. The second kappa shape index (κ2) is 38.7. The molecule has 80 heavy (non-hydrogen) atoms. The minimum Gasteiger partial charge on any atom is -0.463 e. The van der Waals surface area contributed by atoms with Gasteiger partial charge in [-0.2, -0.15) is 5.26 Å². The second-order valence-electron chi connectivity index (χ2n) is 20.4. The summed E-state index contributed by atoms with van der Waals surface area (Å²) in [5, 5.41) is 17.3. The van der Waals surface area contributed by atoms with Crippen LogP contribution < -0.4 is 16.0 Å². The van der Waals surface area contributed by atoms with Crippen molar-refractivity contribution in [1.82, 2.24) is 20.6 Å². The molecule has 0 spiro atoms. The van der Waals surface area contributed by atoms with Gasteiger partial charge >= 0.3 is 30.0 Å². The van der Waals surface area contributed by atoms with Gasteiger partial charge in [0.1, 0.15) is 67.9 Å². The minimum atomic E-state index is -1.84. The Bertz CT molecular complexity index is 2000. The summed E-state index contributed by atoms with van der Waals surface area (Å²) >= 11 is 0. The van der Waals surface area contributed by atoms with E-state index in [4.69, 9.17) is 51.7 Å². The molecule has 0 aromatic heterocycles. The number of ether oxygens (including phenoxy) is 9. The van der Waals surface area contributed by atoms with E-state index in [1.165, 1.54) is 34.6 Å². The first-order valence-electron chi connectivity index (χ1n) is 27.8. The van der Waals surface area contributed by atoms with Gasteiger partial charge in [-0.05, 0) is 66.2 Å². The Kier molecular flexibility index (Phi) is 34.4. The van der Waals surface area contributed by atoms with Crippen molar-refractivity contribution in [1.29, 1.82) is 5.26 Å². The summed E-state index contributed by atoms with van der Waals surface area (Å²) in [6.45, 7) is 19.4. The van der Waals surface area contributed by atoms with E-state index in [1.807, 2.05) is 52.3 Å². The lowest BCUT2D eigenvalue weighted by Crippen LogP contribution is -2.63. The summed E-state index contributed by atoms with van der Waals surface area (Å²) in [6.07, 6.45) is -3.02. The molecule has 26 heteroatoms. The fraction of sp³-hybridized carbons (Fsp3) is 0.815. The summed E-state index contributed by atoms with van der Waals surface area (Å²) < 4.78 is 65.9. The van der Waals surface area contributed by atoms with Crippen molar-refractivity contribution in [3.63, 3.8) is 0 Å². The van der Waals surface area contributed by atoms with Crippen LogP contribution in [0.3, 0.4) is 0 Å². The van der Waals surface area contributed by atoms with E-state index in [-0.39, 0.29) is 133 Å². The van der Waals surface area contributed by atoms with Gasteiger partial charge in [0, 0.05) is 110 Å². The molecule has 2 rings (SSSR count). The number of unbranched alkanes of at least 4 members (excludes halogenated alkanes) is 2. The molecule has 3 N–H and O–H groups in total. The lowest BCUT2D eigenvalue weighted by molar-refractivity contribution is -0.260. The van der Waals surface area contributed by atoms with Crippen LogP contribution in [0, 0.1) is 23.2 Å². The van der Waals surface area contributed by atoms with E-state index in [0.29, 0.717) is 32.1 Å². The SMILES string of the molecule is CC[C@H]1O[C@@H](OCCCCC(=O)CCCC(=O)OCC(COC(=O)NCCC(=O)CCCCO[C@@H]2O[C@H](COC(C)=O)[C@H](C)[C@H](OC(C)=O)[C@H]2NC(C)=O)OP(OCCC#N)N(C(C)C)C(C)C)[C@H](NC(C)=O)[C@@H](OC(C)=O)[C@H]1C. The Morgan fingerprint density at radius 3 is 1.61 bits per heavy atom. The smallest absolute Gasteiger partial charge is 0.407 e. The Hall–Kier alpha value is -4.93. The molecular weight excluding hydrogens is 1070 g/mol.